The standard InChI is InChI=1S/C19H15F2NO3/c1-11-15-7-6-14(21)9-16(15)22(2,18(23)17(11)19(24)25)10-12-4-3-5-13(20)8-12/h3-9H,10H2,1-2H3/p+1. The number of likely N-dealkylation sites (N-methyl/N-ethyl adjacent to an activating group) is 1. The van der Waals surface area contributed by atoms with Crippen LogP contribution in [0.4, 0.5) is 14.5 Å². The van der Waals surface area contributed by atoms with Gasteiger partial charge in [0.25, 0.3) is 0 Å². The summed E-state index contributed by atoms with van der Waals surface area (Å²) in [7, 11) is 1.51. The van der Waals surface area contributed by atoms with Gasteiger partial charge in [0.05, 0.1) is 7.05 Å². The lowest BCUT2D eigenvalue weighted by molar-refractivity contribution is -0.137. The van der Waals surface area contributed by atoms with E-state index in [1.807, 2.05) is 0 Å². The van der Waals surface area contributed by atoms with Gasteiger partial charge in [-0.3, -0.25) is 0 Å². The molecule has 1 heterocycles. The topological polar surface area (TPSA) is 54.4 Å². The second-order valence-corrected chi connectivity index (χ2v) is 6.25. The van der Waals surface area contributed by atoms with Crippen molar-refractivity contribution < 1.29 is 23.5 Å². The molecule has 2 aromatic carbocycles. The molecule has 2 aromatic rings. The summed E-state index contributed by atoms with van der Waals surface area (Å²) >= 11 is 0. The maximum Gasteiger partial charge on any atom is 0.358 e. The van der Waals surface area contributed by atoms with E-state index in [4.69, 9.17) is 0 Å². The van der Waals surface area contributed by atoms with E-state index in [-0.39, 0.29) is 12.1 Å². The molecule has 4 nitrogen and oxygen atoms in total. The number of amides is 1. The summed E-state index contributed by atoms with van der Waals surface area (Å²) < 4.78 is 26.9. The molecule has 0 radical (unpaired) electrons. The molecule has 0 bridgehead atoms. The minimum Gasteiger partial charge on any atom is -0.477 e. The molecular weight excluding hydrogens is 328 g/mol. The SMILES string of the molecule is CC1=C(C(=O)O)C(=O)[N+](C)(Cc2cccc(F)c2)c2cc(F)ccc21. The van der Waals surface area contributed by atoms with Crippen molar-refractivity contribution in [2.75, 3.05) is 7.05 Å². The Morgan fingerprint density at radius 3 is 2.44 bits per heavy atom. The van der Waals surface area contributed by atoms with E-state index in [9.17, 15) is 23.5 Å². The van der Waals surface area contributed by atoms with E-state index >= 15 is 0 Å². The molecule has 128 valence electrons. The molecule has 0 fully saturated rings. The first-order valence-electron chi connectivity index (χ1n) is 7.63. The smallest absolute Gasteiger partial charge is 0.358 e. The van der Waals surface area contributed by atoms with E-state index in [2.05, 4.69) is 0 Å². The van der Waals surface area contributed by atoms with E-state index < -0.39 is 28.0 Å². The fraction of sp³-hybridized carbons (Fsp3) is 0.158. The van der Waals surface area contributed by atoms with Crippen LogP contribution in [-0.4, -0.2) is 24.0 Å². The van der Waals surface area contributed by atoms with Crippen LogP contribution < -0.4 is 4.48 Å². The van der Waals surface area contributed by atoms with Crippen LogP contribution in [0.1, 0.15) is 18.1 Å². The van der Waals surface area contributed by atoms with Crippen molar-refractivity contribution in [3.05, 3.63) is 70.8 Å². The molecule has 25 heavy (non-hydrogen) atoms. The normalized spacial score (nSPS) is 19.8. The average Bonchev–Trinajstić information content (AvgIpc) is 2.53. The van der Waals surface area contributed by atoms with Gasteiger partial charge in [-0.2, -0.15) is 0 Å². The fourth-order valence-corrected chi connectivity index (χ4v) is 3.29. The maximum atomic E-state index is 13.8. The highest BCUT2D eigenvalue weighted by Gasteiger charge is 2.46. The third-order valence-corrected chi connectivity index (χ3v) is 4.53. The molecule has 1 aliphatic rings. The number of halogens is 2. The zero-order valence-electron chi connectivity index (χ0n) is 13.7. The van der Waals surface area contributed by atoms with Crippen molar-refractivity contribution in [3.8, 4) is 0 Å². The number of nitrogens with zero attached hydrogens (tertiary/aromatic N) is 1. The second kappa shape index (κ2) is 5.89. The molecule has 3 rings (SSSR count). The van der Waals surface area contributed by atoms with Gasteiger partial charge in [-0.15, -0.1) is 0 Å². The van der Waals surface area contributed by atoms with Crippen LogP contribution in [-0.2, 0) is 16.1 Å². The molecule has 1 atom stereocenters. The Balaban J connectivity index is 2.23. The van der Waals surface area contributed by atoms with E-state index in [0.717, 1.165) is 0 Å². The maximum absolute atomic E-state index is 13.8. The predicted octanol–water partition coefficient (Wildman–Crippen LogP) is 3.50. The molecule has 1 amide bonds. The van der Waals surface area contributed by atoms with Crippen molar-refractivity contribution in [1.29, 1.82) is 0 Å². The fourth-order valence-electron chi connectivity index (χ4n) is 3.29. The van der Waals surface area contributed by atoms with Gasteiger partial charge in [0.1, 0.15) is 18.2 Å². The van der Waals surface area contributed by atoms with Crippen LogP contribution in [0.15, 0.2) is 48.0 Å². The Labute approximate surface area is 143 Å². The summed E-state index contributed by atoms with van der Waals surface area (Å²) in [4.78, 5) is 24.6. The number of hydrogen-bond acceptors (Lipinski definition) is 2. The van der Waals surface area contributed by atoms with Crippen molar-refractivity contribution in [2.24, 2.45) is 0 Å². The number of benzene rings is 2. The van der Waals surface area contributed by atoms with Gasteiger partial charge < -0.3 is 5.11 Å². The predicted molar refractivity (Wildman–Crippen MR) is 89.5 cm³/mol. The van der Waals surface area contributed by atoms with E-state index in [1.54, 1.807) is 6.07 Å². The van der Waals surface area contributed by atoms with Gasteiger partial charge in [0.2, 0.25) is 0 Å². The monoisotopic (exact) mass is 344 g/mol. The number of carboxylic acid groups (broad SMARTS) is 1. The third-order valence-electron chi connectivity index (χ3n) is 4.53. The number of rotatable bonds is 3. The van der Waals surface area contributed by atoms with Crippen LogP contribution >= 0.6 is 0 Å². The molecule has 0 spiro atoms. The van der Waals surface area contributed by atoms with Crippen LogP contribution in [0.2, 0.25) is 0 Å². The van der Waals surface area contributed by atoms with Gasteiger partial charge in [0, 0.05) is 17.2 Å². The minimum absolute atomic E-state index is 0.0110. The number of quaternary nitrogens is 1. The number of carbonyl (C=O) groups excluding carboxylic acids is 1. The van der Waals surface area contributed by atoms with Gasteiger partial charge >= 0.3 is 11.9 Å². The van der Waals surface area contributed by atoms with Crippen LogP contribution in [0.25, 0.3) is 5.57 Å². The highest BCUT2D eigenvalue weighted by Crippen LogP contribution is 2.40. The van der Waals surface area contributed by atoms with Crippen molar-refractivity contribution in [2.45, 2.75) is 13.5 Å². The van der Waals surface area contributed by atoms with E-state index in [0.29, 0.717) is 22.4 Å². The van der Waals surface area contributed by atoms with Gasteiger partial charge in [-0.1, -0.05) is 12.1 Å². The molecule has 0 saturated carbocycles. The van der Waals surface area contributed by atoms with Gasteiger partial charge in [0.15, 0.2) is 11.3 Å². The van der Waals surface area contributed by atoms with Crippen LogP contribution in [0.3, 0.4) is 0 Å². The lowest BCUT2D eigenvalue weighted by atomic mass is 9.91. The molecule has 1 N–H and O–H groups in total. The summed E-state index contributed by atoms with van der Waals surface area (Å²) in [5, 5.41) is 9.48. The van der Waals surface area contributed by atoms with E-state index in [1.165, 1.54) is 50.4 Å². The Morgan fingerprint density at radius 2 is 1.80 bits per heavy atom. The Hall–Kier alpha value is -2.86. The van der Waals surface area contributed by atoms with Crippen LogP contribution in [0, 0.1) is 11.6 Å². The Kier molecular flexibility index (Phi) is 4.00. The lowest BCUT2D eigenvalue weighted by Gasteiger charge is -2.36. The second-order valence-electron chi connectivity index (χ2n) is 6.25. The number of hydrogen-bond donors (Lipinski definition) is 1. The summed E-state index contributed by atoms with van der Waals surface area (Å²) in [6.07, 6.45) is 0. The summed E-state index contributed by atoms with van der Waals surface area (Å²) in [6.45, 7) is 1.54. The number of allylic oxidation sites excluding steroid dienone is 1. The quantitative estimate of drug-likeness (QED) is 0.685. The average molecular weight is 344 g/mol. The Bertz CT molecular complexity index is 936. The zero-order valence-corrected chi connectivity index (χ0v) is 13.7. The summed E-state index contributed by atoms with van der Waals surface area (Å²) in [6, 6.07) is 9.64. The molecule has 1 aliphatic heterocycles. The number of fused-ring (bicyclic) bond motifs is 1. The first-order chi connectivity index (χ1) is 11.7. The van der Waals surface area contributed by atoms with Crippen LogP contribution in [0.5, 0.6) is 0 Å². The number of carboxylic acids is 1. The van der Waals surface area contributed by atoms with Crippen molar-refractivity contribution >= 4 is 23.1 Å². The third kappa shape index (κ3) is 2.74. The molecule has 0 aliphatic carbocycles. The zero-order chi connectivity index (χ0) is 18.4. The van der Waals surface area contributed by atoms with Crippen molar-refractivity contribution in [3.63, 3.8) is 0 Å². The highest BCUT2D eigenvalue weighted by atomic mass is 19.1. The van der Waals surface area contributed by atoms with Gasteiger partial charge in [-0.05, 0) is 36.8 Å². The minimum atomic E-state index is -1.33. The molecule has 0 aromatic heterocycles. The molecule has 1 unspecified atom stereocenters. The molecule has 6 heteroatoms. The first-order valence-corrected chi connectivity index (χ1v) is 7.63. The Morgan fingerprint density at radius 1 is 1.12 bits per heavy atom. The lowest BCUT2D eigenvalue weighted by Crippen LogP contribution is -2.54. The largest absolute Gasteiger partial charge is 0.477 e. The molecule has 0 saturated heterocycles. The molecular formula is C19H16F2NO3+. The summed E-state index contributed by atoms with van der Waals surface area (Å²) in [5.41, 5.74) is 1.32. The number of carbonyl (C=O) groups is 2. The first kappa shape index (κ1) is 17.0. The number of aliphatic carboxylic acids is 1. The van der Waals surface area contributed by atoms with Crippen molar-refractivity contribution in [1.82, 2.24) is 4.48 Å². The van der Waals surface area contributed by atoms with Gasteiger partial charge in [-0.25, -0.2) is 22.9 Å². The highest BCUT2D eigenvalue weighted by molar-refractivity contribution is 6.26. The summed E-state index contributed by atoms with van der Waals surface area (Å²) in [5.74, 6) is -2.98.